The van der Waals surface area contributed by atoms with Crippen LogP contribution in [0.5, 0.6) is 5.75 Å². The quantitative estimate of drug-likeness (QED) is 0.173. The lowest BCUT2D eigenvalue weighted by Crippen LogP contribution is -2.35. The topological polar surface area (TPSA) is 108 Å². The van der Waals surface area contributed by atoms with Gasteiger partial charge in [-0.05, 0) is 60.4 Å². The zero-order valence-electron chi connectivity index (χ0n) is 26.1. The molecule has 240 valence electrons. The van der Waals surface area contributed by atoms with Crippen molar-refractivity contribution in [2.75, 3.05) is 43.5 Å². The fraction of sp³-hybridized carbons (Fsp3) is 0.429. The van der Waals surface area contributed by atoms with E-state index in [-0.39, 0.29) is 18.2 Å². The molecular formula is C35H43N3O7. The highest BCUT2D eigenvalue weighted by Crippen LogP contribution is 2.35. The lowest BCUT2D eigenvalue weighted by Gasteiger charge is -2.32. The van der Waals surface area contributed by atoms with Gasteiger partial charge in [-0.2, -0.15) is 0 Å². The number of anilines is 2. The van der Waals surface area contributed by atoms with Crippen LogP contribution in [0.15, 0.2) is 72.8 Å². The minimum absolute atomic E-state index is 0.258. The van der Waals surface area contributed by atoms with E-state index in [1.165, 1.54) is 0 Å². The van der Waals surface area contributed by atoms with E-state index >= 15 is 0 Å². The van der Waals surface area contributed by atoms with E-state index in [0.717, 1.165) is 53.8 Å². The molecule has 2 heterocycles. The van der Waals surface area contributed by atoms with Gasteiger partial charge in [-0.15, -0.1) is 0 Å². The summed E-state index contributed by atoms with van der Waals surface area (Å²) in [5.41, 5.74) is 4.34. The summed E-state index contributed by atoms with van der Waals surface area (Å²) in [6.07, 6.45) is 3.40. The lowest BCUT2D eigenvalue weighted by atomic mass is 10.0. The number of unbranched alkanes of at least 4 members (excludes halogenated alkanes) is 3. The number of para-hydroxylation sites is 1. The summed E-state index contributed by atoms with van der Waals surface area (Å²) in [6.45, 7) is 7.63. The van der Waals surface area contributed by atoms with Crippen molar-refractivity contribution in [3.05, 3.63) is 89.5 Å². The molecule has 1 unspecified atom stereocenters. The van der Waals surface area contributed by atoms with Crippen LogP contribution in [0, 0.1) is 0 Å². The first-order valence-electron chi connectivity index (χ1n) is 15.6. The molecule has 0 saturated carbocycles. The number of rotatable bonds is 15. The molecule has 2 aliphatic heterocycles. The predicted molar refractivity (Wildman–Crippen MR) is 171 cm³/mol. The molecular weight excluding hydrogens is 574 g/mol. The number of hydrogen-bond donors (Lipinski definition) is 2. The minimum atomic E-state index is -0.635. The summed E-state index contributed by atoms with van der Waals surface area (Å²) >= 11 is 0. The second-order valence-electron chi connectivity index (χ2n) is 11.7. The molecule has 3 amide bonds. The van der Waals surface area contributed by atoms with Gasteiger partial charge < -0.3 is 39.2 Å². The number of hydrogen-bond acceptors (Lipinski definition) is 7. The van der Waals surface area contributed by atoms with Crippen LogP contribution in [0.3, 0.4) is 0 Å². The number of carbonyl (C=O) groups is 2. The van der Waals surface area contributed by atoms with Crippen molar-refractivity contribution in [1.82, 2.24) is 4.90 Å². The van der Waals surface area contributed by atoms with Gasteiger partial charge in [0.1, 0.15) is 11.9 Å². The molecule has 1 fully saturated rings. The molecule has 2 N–H and O–H groups in total. The van der Waals surface area contributed by atoms with Crippen LogP contribution < -0.4 is 15.4 Å². The van der Waals surface area contributed by atoms with Gasteiger partial charge >= 0.3 is 12.1 Å². The normalized spacial score (nSPS) is 16.9. The Balaban J connectivity index is 0.886. The van der Waals surface area contributed by atoms with Crippen LogP contribution in [-0.4, -0.2) is 55.7 Å². The number of urea groups is 1. The summed E-state index contributed by atoms with van der Waals surface area (Å²) in [7, 11) is 0. The number of cyclic esters (lactones) is 1. The van der Waals surface area contributed by atoms with Crippen LogP contribution in [0.1, 0.15) is 62.3 Å². The van der Waals surface area contributed by atoms with Crippen molar-refractivity contribution in [3.8, 4) is 5.75 Å². The van der Waals surface area contributed by atoms with Crippen molar-refractivity contribution in [2.45, 2.75) is 64.6 Å². The van der Waals surface area contributed by atoms with E-state index < -0.39 is 5.79 Å². The van der Waals surface area contributed by atoms with Crippen molar-refractivity contribution in [2.24, 2.45) is 0 Å². The SMILES string of the molecule is CC1(C)OCc2cc(C3CN(CCCCCCOCCOCc4cccc(NC(=O)Nc5ccccc5)c4)C(=O)O3)ccc2O1. The van der Waals surface area contributed by atoms with Gasteiger partial charge in [-0.25, -0.2) is 9.59 Å². The van der Waals surface area contributed by atoms with Crippen LogP contribution in [0.4, 0.5) is 21.0 Å². The standard InChI is InChI=1S/C35H43N3O7/c1-35(2)43-25-28-22-27(15-16-31(28)45-35)32-23-38(34(40)44-32)17-8-3-4-9-18-41-19-20-42-24-26-11-10-14-30(21-26)37-33(39)36-29-12-6-5-7-13-29/h5-7,10-16,21-22,32H,3-4,8-9,17-20,23-25H2,1-2H3,(H2,36,37,39). The third-order valence-electron chi connectivity index (χ3n) is 7.60. The van der Waals surface area contributed by atoms with E-state index in [9.17, 15) is 9.59 Å². The number of carbonyl (C=O) groups excluding carboxylic acids is 2. The van der Waals surface area contributed by atoms with Crippen LogP contribution in [-0.2, 0) is 32.2 Å². The maximum Gasteiger partial charge on any atom is 0.410 e. The summed E-state index contributed by atoms with van der Waals surface area (Å²) in [6, 6.07) is 22.5. The molecule has 0 aliphatic carbocycles. The van der Waals surface area contributed by atoms with Gasteiger partial charge in [0.15, 0.2) is 0 Å². The van der Waals surface area contributed by atoms with Crippen molar-refractivity contribution < 1.29 is 33.3 Å². The predicted octanol–water partition coefficient (Wildman–Crippen LogP) is 7.26. The lowest BCUT2D eigenvalue weighted by molar-refractivity contribution is -0.180. The summed E-state index contributed by atoms with van der Waals surface area (Å²) < 4.78 is 28.7. The summed E-state index contributed by atoms with van der Waals surface area (Å²) in [4.78, 5) is 26.5. The summed E-state index contributed by atoms with van der Waals surface area (Å²) in [5, 5.41) is 5.65. The first-order chi connectivity index (χ1) is 21.8. The Morgan fingerprint density at radius 1 is 0.889 bits per heavy atom. The highest BCUT2D eigenvalue weighted by Gasteiger charge is 2.33. The second kappa shape index (κ2) is 15.7. The summed E-state index contributed by atoms with van der Waals surface area (Å²) in [5.74, 6) is 0.180. The van der Waals surface area contributed by atoms with Gasteiger partial charge in [-0.3, -0.25) is 0 Å². The number of nitrogens with one attached hydrogen (secondary N) is 2. The van der Waals surface area contributed by atoms with Gasteiger partial charge in [0, 0.05) is 43.9 Å². The van der Waals surface area contributed by atoms with E-state index in [1.54, 1.807) is 4.90 Å². The van der Waals surface area contributed by atoms with Gasteiger partial charge in [0.2, 0.25) is 5.79 Å². The molecule has 45 heavy (non-hydrogen) atoms. The number of nitrogens with zero attached hydrogens (tertiary/aromatic N) is 1. The van der Waals surface area contributed by atoms with E-state index in [1.807, 2.05) is 86.6 Å². The van der Waals surface area contributed by atoms with Gasteiger partial charge in [0.25, 0.3) is 0 Å². The molecule has 0 bridgehead atoms. The second-order valence-corrected chi connectivity index (χ2v) is 11.7. The Hall–Kier alpha value is -4.12. The molecule has 0 aromatic heterocycles. The fourth-order valence-corrected chi connectivity index (χ4v) is 5.25. The number of fused-ring (bicyclic) bond motifs is 1. The van der Waals surface area contributed by atoms with Crippen LogP contribution in [0.25, 0.3) is 0 Å². The van der Waals surface area contributed by atoms with E-state index in [0.29, 0.717) is 51.8 Å². The number of ether oxygens (including phenoxy) is 5. The third-order valence-corrected chi connectivity index (χ3v) is 7.60. The molecule has 3 aromatic rings. The average Bonchev–Trinajstić information content (AvgIpc) is 3.39. The average molecular weight is 618 g/mol. The van der Waals surface area contributed by atoms with Gasteiger partial charge in [0.05, 0.1) is 33.0 Å². The highest BCUT2D eigenvalue weighted by molar-refractivity contribution is 5.99. The van der Waals surface area contributed by atoms with Crippen molar-refractivity contribution in [1.29, 1.82) is 0 Å². The molecule has 5 rings (SSSR count). The smallest absolute Gasteiger partial charge is 0.410 e. The molecule has 2 aliphatic rings. The Kier molecular flexibility index (Phi) is 11.3. The maximum absolute atomic E-state index is 12.4. The molecule has 1 atom stereocenters. The molecule has 0 radical (unpaired) electrons. The first-order valence-corrected chi connectivity index (χ1v) is 15.6. The zero-order chi connectivity index (χ0) is 31.5. The molecule has 10 nitrogen and oxygen atoms in total. The zero-order valence-corrected chi connectivity index (χ0v) is 26.1. The molecule has 1 saturated heterocycles. The fourth-order valence-electron chi connectivity index (χ4n) is 5.25. The Morgan fingerprint density at radius 2 is 1.67 bits per heavy atom. The highest BCUT2D eigenvalue weighted by atomic mass is 16.7. The Bertz CT molecular complexity index is 1420. The molecule has 10 heteroatoms. The molecule has 0 spiro atoms. The van der Waals surface area contributed by atoms with Crippen LogP contribution in [0.2, 0.25) is 0 Å². The van der Waals surface area contributed by atoms with E-state index in [2.05, 4.69) is 10.6 Å². The largest absolute Gasteiger partial charge is 0.463 e. The van der Waals surface area contributed by atoms with Gasteiger partial charge in [-0.1, -0.05) is 49.2 Å². The third kappa shape index (κ3) is 9.94. The maximum atomic E-state index is 12.4. The van der Waals surface area contributed by atoms with Crippen molar-refractivity contribution in [3.63, 3.8) is 0 Å². The number of benzene rings is 3. The van der Waals surface area contributed by atoms with E-state index in [4.69, 9.17) is 23.7 Å². The Morgan fingerprint density at radius 3 is 2.53 bits per heavy atom. The van der Waals surface area contributed by atoms with Crippen molar-refractivity contribution >= 4 is 23.5 Å². The Labute approximate surface area is 264 Å². The monoisotopic (exact) mass is 617 g/mol. The van der Waals surface area contributed by atoms with Crippen LogP contribution >= 0.6 is 0 Å². The minimum Gasteiger partial charge on any atom is -0.463 e. The first kappa shape index (κ1) is 32.3. The number of amides is 3. The molecule has 3 aromatic carbocycles.